The number of carbonyl (C=O) groups is 2. The number of aliphatic hydroxyl groups excluding tert-OH is 1. The number of phenolic OH excluding ortho intramolecular Hbond substituents is 1. The van der Waals surface area contributed by atoms with E-state index in [1.54, 1.807) is 36.4 Å². The summed E-state index contributed by atoms with van der Waals surface area (Å²) in [5, 5.41) is 28.5. The fraction of sp³-hybridized carbons (Fsp3) is 0.217. The molecule has 0 aromatic heterocycles. The van der Waals surface area contributed by atoms with Crippen molar-refractivity contribution in [3.05, 3.63) is 64.7 Å². The van der Waals surface area contributed by atoms with Crippen LogP contribution in [0.4, 0.5) is 0 Å². The smallest absolute Gasteiger partial charge is 0.169 e. The summed E-state index contributed by atoms with van der Waals surface area (Å²) in [6.07, 6.45) is 5.60. The zero-order valence-electron chi connectivity index (χ0n) is 16.0. The summed E-state index contributed by atoms with van der Waals surface area (Å²) >= 11 is 0. The molecule has 0 radical (unpaired) electrons. The zero-order chi connectivity index (χ0) is 21.0. The van der Waals surface area contributed by atoms with E-state index in [1.807, 2.05) is 0 Å². The molecule has 2 aromatic carbocycles. The number of aliphatic hydroxyl groups is 1. The first-order valence-corrected chi connectivity index (χ1v) is 9.19. The molecule has 1 fully saturated rings. The molecule has 1 aliphatic carbocycles. The first-order valence-electron chi connectivity index (χ1n) is 9.19. The molecular formula is C23H22O6. The summed E-state index contributed by atoms with van der Waals surface area (Å²) in [5.74, 6) is -0.885. The molecule has 29 heavy (non-hydrogen) atoms. The van der Waals surface area contributed by atoms with Gasteiger partial charge in [-0.15, -0.1) is 0 Å². The largest absolute Gasteiger partial charge is 0.508 e. The van der Waals surface area contributed by atoms with Crippen LogP contribution in [0.2, 0.25) is 0 Å². The number of ether oxygens (including phenoxy) is 1. The van der Waals surface area contributed by atoms with Crippen molar-refractivity contribution in [2.75, 3.05) is 7.11 Å². The Bertz CT molecular complexity index is 1000. The molecule has 1 saturated carbocycles. The molecule has 0 spiro atoms. The van der Waals surface area contributed by atoms with E-state index in [2.05, 4.69) is 0 Å². The van der Waals surface area contributed by atoms with Crippen molar-refractivity contribution in [3.8, 4) is 17.2 Å². The molecule has 3 N–H and O–H groups in total. The second-order valence-electron chi connectivity index (χ2n) is 6.84. The molecule has 1 unspecified atom stereocenters. The van der Waals surface area contributed by atoms with E-state index in [0.29, 0.717) is 40.9 Å². The molecule has 6 nitrogen and oxygen atoms in total. The Labute approximate surface area is 168 Å². The van der Waals surface area contributed by atoms with Gasteiger partial charge in [-0.2, -0.15) is 0 Å². The summed E-state index contributed by atoms with van der Waals surface area (Å²) < 4.78 is 5.04. The molecular weight excluding hydrogens is 372 g/mol. The van der Waals surface area contributed by atoms with E-state index >= 15 is 0 Å². The van der Waals surface area contributed by atoms with Gasteiger partial charge in [0.2, 0.25) is 0 Å². The van der Waals surface area contributed by atoms with Gasteiger partial charge in [-0.3, -0.25) is 9.59 Å². The maximum absolute atomic E-state index is 12.7. The first kappa shape index (κ1) is 20.4. The quantitative estimate of drug-likeness (QED) is 0.513. The number of rotatable bonds is 6. The van der Waals surface area contributed by atoms with Gasteiger partial charge >= 0.3 is 0 Å². The van der Waals surface area contributed by atoms with Gasteiger partial charge in [-0.25, -0.2) is 0 Å². The third kappa shape index (κ3) is 4.55. The Kier molecular flexibility index (Phi) is 6.14. The number of hydrogen-bond donors (Lipinski definition) is 3. The number of hydrogen-bond acceptors (Lipinski definition) is 6. The number of benzene rings is 2. The summed E-state index contributed by atoms with van der Waals surface area (Å²) in [4.78, 5) is 25.2. The predicted molar refractivity (Wildman–Crippen MR) is 108 cm³/mol. The normalized spacial score (nSPS) is 17.9. The summed E-state index contributed by atoms with van der Waals surface area (Å²) in [7, 11) is 1.44. The lowest BCUT2D eigenvalue weighted by Gasteiger charge is -2.05. The van der Waals surface area contributed by atoms with Crippen molar-refractivity contribution in [3.63, 3.8) is 0 Å². The average molecular weight is 394 g/mol. The van der Waals surface area contributed by atoms with Crippen LogP contribution in [0, 0.1) is 5.92 Å². The summed E-state index contributed by atoms with van der Waals surface area (Å²) in [6, 6.07) is 9.46. The summed E-state index contributed by atoms with van der Waals surface area (Å²) in [5.41, 5.74) is 2.30. The van der Waals surface area contributed by atoms with Gasteiger partial charge in [-0.05, 0) is 66.0 Å². The Morgan fingerprint density at radius 3 is 2.59 bits per heavy atom. The molecule has 2 aromatic rings. The maximum Gasteiger partial charge on any atom is 0.169 e. The molecule has 1 aliphatic rings. The molecule has 0 heterocycles. The van der Waals surface area contributed by atoms with E-state index in [9.17, 15) is 24.9 Å². The molecule has 0 aliphatic heterocycles. The van der Waals surface area contributed by atoms with Crippen LogP contribution >= 0.6 is 0 Å². The maximum atomic E-state index is 12.7. The second-order valence-corrected chi connectivity index (χ2v) is 6.84. The van der Waals surface area contributed by atoms with Crippen LogP contribution in [0.1, 0.15) is 29.5 Å². The standard InChI is InChI=1S/C23H22O6/c1-29-22-12-14(3-9-21(22)27)2-8-20(26)18-6-5-16(23(18)28)10-15-4-7-19(25)17(11-15)13-24/h2-4,7-12,18,24-25,27H,5-6,13H2,1H3/b8-2+,16-10+. The van der Waals surface area contributed by atoms with Gasteiger partial charge in [0.1, 0.15) is 5.75 Å². The predicted octanol–water partition coefficient (Wildman–Crippen LogP) is 3.24. The molecule has 150 valence electrons. The number of methoxy groups -OCH3 is 1. The first-order chi connectivity index (χ1) is 13.9. The van der Waals surface area contributed by atoms with Crippen LogP contribution in [0.5, 0.6) is 17.2 Å². The zero-order valence-corrected chi connectivity index (χ0v) is 16.0. The van der Waals surface area contributed by atoms with Crippen molar-refractivity contribution < 1.29 is 29.6 Å². The molecule has 1 atom stereocenters. The van der Waals surface area contributed by atoms with E-state index in [4.69, 9.17) is 4.74 Å². The lowest BCUT2D eigenvalue weighted by atomic mass is 9.99. The van der Waals surface area contributed by atoms with Crippen molar-refractivity contribution in [2.24, 2.45) is 5.92 Å². The molecule has 6 heteroatoms. The second kappa shape index (κ2) is 8.75. The number of phenols is 2. The van der Waals surface area contributed by atoms with Gasteiger partial charge in [0.25, 0.3) is 0 Å². The number of allylic oxidation sites excluding steroid dienone is 2. The van der Waals surface area contributed by atoms with Gasteiger partial charge in [0.15, 0.2) is 23.1 Å². The number of ketones is 2. The van der Waals surface area contributed by atoms with Gasteiger partial charge < -0.3 is 20.1 Å². The minimum atomic E-state index is -0.717. The van der Waals surface area contributed by atoms with E-state index in [-0.39, 0.29) is 29.7 Å². The molecule has 0 amide bonds. The van der Waals surface area contributed by atoms with Gasteiger partial charge in [0, 0.05) is 5.56 Å². The van der Waals surface area contributed by atoms with Gasteiger partial charge in [-0.1, -0.05) is 18.2 Å². The van der Waals surface area contributed by atoms with Crippen molar-refractivity contribution in [2.45, 2.75) is 19.4 Å². The fourth-order valence-corrected chi connectivity index (χ4v) is 3.31. The number of aromatic hydroxyl groups is 2. The fourth-order valence-electron chi connectivity index (χ4n) is 3.31. The number of Topliss-reactive ketones (excluding diaryl/α,β-unsaturated/α-hetero) is 1. The molecule has 0 saturated heterocycles. The third-order valence-electron chi connectivity index (χ3n) is 4.94. The van der Waals surface area contributed by atoms with Gasteiger partial charge in [0.05, 0.1) is 19.6 Å². The van der Waals surface area contributed by atoms with Crippen LogP contribution in [0.3, 0.4) is 0 Å². The van der Waals surface area contributed by atoms with Crippen LogP contribution in [-0.4, -0.2) is 34.0 Å². The number of carbonyl (C=O) groups excluding carboxylic acids is 2. The van der Waals surface area contributed by atoms with Crippen LogP contribution in [0.15, 0.2) is 48.0 Å². The Balaban J connectivity index is 1.73. The van der Waals surface area contributed by atoms with E-state index in [1.165, 1.54) is 25.3 Å². The lowest BCUT2D eigenvalue weighted by Crippen LogP contribution is -2.17. The van der Waals surface area contributed by atoms with Crippen LogP contribution < -0.4 is 4.74 Å². The highest BCUT2D eigenvalue weighted by atomic mass is 16.5. The summed E-state index contributed by atoms with van der Waals surface area (Å²) in [6.45, 7) is -0.301. The van der Waals surface area contributed by atoms with Crippen molar-refractivity contribution in [1.82, 2.24) is 0 Å². The van der Waals surface area contributed by atoms with Crippen molar-refractivity contribution in [1.29, 1.82) is 0 Å². The topological polar surface area (TPSA) is 104 Å². The molecule has 3 rings (SSSR count). The van der Waals surface area contributed by atoms with Crippen LogP contribution in [-0.2, 0) is 16.2 Å². The minimum absolute atomic E-state index is 0.00329. The Hall–Kier alpha value is -3.38. The van der Waals surface area contributed by atoms with Crippen molar-refractivity contribution >= 4 is 23.7 Å². The Morgan fingerprint density at radius 1 is 1.14 bits per heavy atom. The van der Waals surface area contributed by atoms with Crippen LogP contribution in [0.25, 0.3) is 12.2 Å². The highest BCUT2D eigenvalue weighted by Crippen LogP contribution is 2.31. The van der Waals surface area contributed by atoms with E-state index < -0.39 is 5.92 Å². The minimum Gasteiger partial charge on any atom is -0.508 e. The van der Waals surface area contributed by atoms with E-state index in [0.717, 1.165) is 0 Å². The molecule has 0 bridgehead atoms. The lowest BCUT2D eigenvalue weighted by molar-refractivity contribution is -0.126. The third-order valence-corrected chi connectivity index (χ3v) is 4.94. The highest BCUT2D eigenvalue weighted by molar-refractivity contribution is 6.17. The average Bonchev–Trinajstić information content (AvgIpc) is 3.08. The highest BCUT2D eigenvalue weighted by Gasteiger charge is 2.33. The monoisotopic (exact) mass is 394 g/mol. The Morgan fingerprint density at radius 2 is 1.86 bits per heavy atom. The SMILES string of the molecule is COc1cc(/C=C/C(=O)C2CC/C(=C\c3ccc(O)c(CO)c3)C2=O)ccc1O.